The average molecular weight is 288 g/mol. The van der Waals surface area contributed by atoms with E-state index in [2.05, 4.69) is 27.8 Å². The van der Waals surface area contributed by atoms with E-state index in [-0.39, 0.29) is 5.78 Å². The van der Waals surface area contributed by atoms with Gasteiger partial charge in [0.1, 0.15) is 5.78 Å². The molecule has 0 aliphatic rings. The van der Waals surface area contributed by atoms with E-state index in [1.54, 1.807) is 18.0 Å². The highest BCUT2D eigenvalue weighted by atomic mass is 79.9. The number of nitrogens with zero attached hydrogens (tertiary/aromatic N) is 1. The van der Waals surface area contributed by atoms with Crippen LogP contribution < -0.4 is 0 Å². The highest BCUT2D eigenvalue weighted by molar-refractivity contribution is 9.10. The molecule has 0 aromatic carbocycles. The van der Waals surface area contributed by atoms with Crippen molar-refractivity contribution in [3.63, 3.8) is 0 Å². The fourth-order valence-corrected chi connectivity index (χ4v) is 2.09. The van der Waals surface area contributed by atoms with E-state index in [0.29, 0.717) is 12.2 Å². The minimum Gasteiger partial charge on any atom is -0.298 e. The van der Waals surface area contributed by atoms with Crippen molar-refractivity contribution in [1.82, 2.24) is 4.98 Å². The van der Waals surface area contributed by atoms with Gasteiger partial charge in [0.25, 0.3) is 0 Å². The van der Waals surface area contributed by atoms with Crippen molar-refractivity contribution in [2.75, 3.05) is 11.5 Å². The van der Waals surface area contributed by atoms with Gasteiger partial charge in [-0.15, -0.1) is 0 Å². The zero-order chi connectivity index (χ0) is 11.1. The fourth-order valence-electron chi connectivity index (χ4n) is 1.09. The van der Waals surface area contributed by atoms with Crippen LogP contribution in [0.25, 0.3) is 0 Å². The Balaban J connectivity index is 2.34. The third kappa shape index (κ3) is 5.33. The molecule has 0 radical (unpaired) electrons. The number of ketones is 1. The van der Waals surface area contributed by atoms with Crippen molar-refractivity contribution in [3.8, 4) is 0 Å². The Morgan fingerprint density at radius 2 is 2.33 bits per heavy atom. The molecule has 1 aromatic heterocycles. The summed E-state index contributed by atoms with van der Waals surface area (Å²) in [6.45, 7) is 2.12. The number of aromatic nitrogens is 1. The Labute approximate surface area is 103 Å². The van der Waals surface area contributed by atoms with Crippen LogP contribution in [0.5, 0.6) is 0 Å². The van der Waals surface area contributed by atoms with E-state index in [4.69, 9.17) is 0 Å². The summed E-state index contributed by atoms with van der Waals surface area (Å²) in [7, 11) is 0. The third-order valence-electron chi connectivity index (χ3n) is 1.78. The van der Waals surface area contributed by atoms with Gasteiger partial charge in [-0.3, -0.25) is 9.78 Å². The SMILES string of the molecule is CCCSCC(=O)Cc1ccc(Br)cn1. The summed E-state index contributed by atoms with van der Waals surface area (Å²) in [5, 5.41) is 0. The molecular formula is C11H14BrNOS. The van der Waals surface area contributed by atoms with Gasteiger partial charge in [0.2, 0.25) is 0 Å². The van der Waals surface area contributed by atoms with E-state index in [9.17, 15) is 4.79 Å². The molecule has 1 aromatic rings. The van der Waals surface area contributed by atoms with E-state index in [1.807, 2.05) is 12.1 Å². The zero-order valence-corrected chi connectivity index (χ0v) is 11.1. The quantitative estimate of drug-likeness (QED) is 0.753. The molecule has 0 unspecified atom stereocenters. The van der Waals surface area contributed by atoms with Crippen LogP contribution in [0.3, 0.4) is 0 Å². The molecule has 2 nitrogen and oxygen atoms in total. The second kappa shape index (κ2) is 7.01. The summed E-state index contributed by atoms with van der Waals surface area (Å²) in [4.78, 5) is 15.7. The number of carbonyl (C=O) groups excluding carboxylic acids is 1. The highest BCUT2D eigenvalue weighted by Gasteiger charge is 2.04. The molecule has 0 saturated carbocycles. The van der Waals surface area contributed by atoms with Crippen molar-refractivity contribution < 1.29 is 4.79 Å². The van der Waals surface area contributed by atoms with Gasteiger partial charge in [0, 0.05) is 22.8 Å². The molecule has 0 spiro atoms. The monoisotopic (exact) mass is 287 g/mol. The van der Waals surface area contributed by atoms with Gasteiger partial charge in [-0.05, 0) is 40.2 Å². The molecule has 0 amide bonds. The van der Waals surface area contributed by atoms with Crippen LogP contribution in [-0.4, -0.2) is 22.3 Å². The standard InChI is InChI=1S/C11H14BrNOS/c1-2-5-15-8-11(14)6-10-4-3-9(12)7-13-10/h3-4,7H,2,5-6,8H2,1H3. The number of carbonyl (C=O) groups is 1. The first-order chi connectivity index (χ1) is 7.22. The average Bonchev–Trinajstić information content (AvgIpc) is 2.22. The van der Waals surface area contributed by atoms with Crippen LogP contribution in [0.2, 0.25) is 0 Å². The maximum atomic E-state index is 11.5. The summed E-state index contributed by atoms with van der Waals surface area (Å²) in [5.41, 5.74) is 0.847. The first kappa shape index (κ1) is 12.7. The van der Waals surface area contributed by atoms with Crippen molar-refractivity contribution >= 4 is 33.5 Å². The van der Waals surface area contributed by atoms with Crippen molar-refractivity contribution in [1.29, 1.82) is 0 Å². The van der Waals surface area contributed by atoms with Crippen molar-refractivity contribution in [2.45, 2.75) is 19.8 Å². The van der Waals surface area contributed by atoms with E-state index in [0.717, 1.165) is 22.3 Å². The van der Waals surface area contributed by atoms with Crippen LogP contribution in [-0.2, 0) is 11.2 Å². The predicted octanol–water partition coefficient (Wildman–Crippen LogP) is 3.10. The number of rotatable bonds is 6. The maximum Gasteiger partial charge on any atom is 0.148 e. The number of hydrogen-bond acceptors (Lipinski definition) is 3. The molecule has 0 aliphatic carbocycles. The Hall–Kier alpha value is -0.350. The van der Waals surface area contributed by atoms with Gasteiger partial charge in [-0.25, -0.2) is 0 Å². The van der Waals surface area contributed by atoms with E-state index in [1.165, 1.54) is 0 Å². The molecule has 0 fully saturated rings. The number of pyridine rings is 1. The Morgan fingerprint density at radius 3 is 2.93 bits per heavy atom. The molecule has 0 N–H and O–H groups in total. The van der Waals surface area contributed by atoms with Crippen LogP contribution in [0.1, 0.15) is 19.0 Å². The lowest BCUT2D eigenvalue weighted by atomic mass is 10.2. The number of halogens is 1. The van der Waals surface area contributed by atoms with Gasteiger partial charge < -0.3 is 0 Å². The summed E-state index contributed by atoms with van der Waals surface area (Å²) >= 11 is 5.01. The molecule has 4 heteroatoms. The van der Waals surface area contributed by atoms with Gasteiger partial charge >= 0.3 is 0 Å². The lowest BCUT2D eigenvalue weighted by Crippen LogP contribution is -2.07. The molecule has 82 valence electrons. The first-order valence-electron chi connectivity index (χ1n) is 4.92. The second-order valence-electron chi connectivity index (χ2n) is 3.24. The molecular weight excluding hydrogens is 274 g/mol. The Kier molecular flexibility index (Phi) is 5.95. The molecule has 0 saturated heterocycles. The summed E-state index contributed by atoms with van der Waals surface area (Å²) in [6, 6.07) is 3.79. The fraction of sp³-hybridized carbons (Fsp3) is 0.455. The van der Waals surface area contributed by atoms with Crippen LogP contribution in [0, 0.1) is 0 Å². The van der Waals surface area contributed by atoms with Gasteiger partial charge in [0.05, 0.1) is 5.75 Å². The minimum absolute atomic E-state index is 0.253. The lowest BCUT2D eigenvalue weighted by molar-refractivity contribution is -0.116. The predicted molar refractivity (Wildman–Crippen MR) is 68.3 cm³/mol. The minimum atomic E-state index is 0.253. The highest BCUT2D eigenvalue weighted by Crippen LogP contribution is 2.09. The topological polar surface area (TPSA) is 30.0 Å². The normalized spacial score (nSPS) is 10.3. The molecule has 1 heterocycles. The number of hydrogen-bond donors (Lipinski definition) is 0. The smallest absolute Gasteiger partial charge is 0.148 e. The van der Waals surface area contributed by atoms with Crippen LogP contribution in [0.15, 0.2) is 22.8 Å². The van der Waals surface area contributed by atoms with Gasteiger partial charge in [0.15, 0.2) is 0 Å². The molecule has 0 aliphatic heterocycles. The van der Waals surface area contributed by atoms with Crippen molar-refractivity contribution in [3.05, 3.63) is 28.5 Å². The molecule has 0 bridgehead atoms. The number of thioether (sulfide) groups is 1. The number of Topliss-reactive ketones (excluding diaryl/α,β-unsaturated/α-hetero) is 1. The Bertz CT molecular complexity index is 313. The lowest BCUT2D eigenvalue weighted by Gasteiger charge is -2.00. The van der Waals surface area contributed by atoms with E-state index < -0.39 is 0 Å². The van der Waals surface area contributed by atoms with Crippen LogP contribution in [0.4, 0.5) is 0 Å². The Morgan fingerprint density at radius 1 is 1.53 bits per heavy atom. The second-order valence-corrected chi connectivity index (χ2v) is 5.26. The van der Waals surface area contributed by atoms with Gasteiger partial charge in [-0.1, -0.05) is 6.92 Å². The maximum absolute atomic E-state index is 11.5. The van der Waals surface area contributed by atoms with Crippen LogP contribution >= 0.6 is 27.7 Å². The molecule has 1 rings (SSSR count). The summed E-state index contributed by atoms with van der Waals surface area (Å²) in [5.74, 6) is 1.91. The third-order valence-corrected chi connectivity index (χ3v) is 3.47. The summed E-state index contributed by atoms with van der Waals surface area (Å²) in [6.07, 6.45) is 3.29. The van der Waals surface area contributed by atoms with E-state index >= 15 is 0 Å². The molecule has 15 heavy (non-hydrogen) atoms. The summed E-state index contributed by atoms with van der Waals surface area (Å²) < 4.78 is 0.944. The van der Waals surface area contributed by atoms with Crippen molar-refractivity contribution in [2.24, 2.45) is 0 Å². The zero-order valence-electron chi connectivity index (χ0n) is 8.70. The molecule has 0 atom stereocenters. The largest absolute Gasteiger partial charge is 0.298 e. The van der Waals surface area contributed by atoms with Gasteiger partial charge in [-0.2, -0.15) is 11.8 Å². The first-order valence-corrected chi connectivity index (χ1v) is 6.87.